The van der Waals surface area contributed by atoms with E-state index >= 15 is 0 Å². The Morgan fingerprint density at radius 1 is 1.48 bits per heavy atom. The first-order valence-electron chi connectivity index (χ1n) is 6.96. The number of ether oxygens (including phenoxy) is 2. The van der Waals surface area contributed by atoms with E-state index in [0.717, 1.165) is 5.69 Å². The second-order valence-electron chi connectivity index (χ2n) is 6.11. The number of hydrogen-bond donors (Lipinski definition) is 3. The van der Waals surface area contributed by atoms with Crippen LogP contribution >= 0.6 is 0 Å². The molecule has 0 fully saturated rings. The minimum absolute atomic E-state index is 0.0146. The normalized spacial score (nSPS) is 20.8. The summed E-state index contributed by atoms with van der Waals surface area (Å²) >= 11 is 0. The van der Waals surface area contributed by atoms with Crippen LogP contribution in [-0.2, 0) is 4.74 Å². The minimum atomic E-state index is -0.539. The van der Waals surface area contributed by atoms with E-state index in [1.807, 2.05) is 27.7 Å². The lowest BCUT2D eigenvalue weighted by atomic mass is 10.1. The fraction of sp³-hybridized carbons (Fsp3) is 0.533. The highest BCUT2D eigenvalue weighted by Gasteiger charge is 2.26. The van der Waals surface area contributed by atoms with Crippen LogP contribution in [0.3, 0.4) is 0 Å². The van der Waals surface area contributed by atoms with Gasteiger partial charge >= 0.3 is 6.09 Å². The van der Waals surface area contributed by atoms with E-state index in [1.54, 1.807) is 18.2 Å². The molecule has 1 heterocycles. The molecule has 0 radical (unpaired) electrons. The number of aliphatic hydroxyl groups is 1. The molecule has 1 aromatic rings. The Kier molecular flexibility index (Phi) is 4.27. The van der Waals surface area contributed by atoms with Gasteiger partial charge in [-0.15, -0.1) is 0 Å². The van der Waals surface area contributed by atoms with Gasteiger partial charge in [0.05, 0.1) is 18.3 Å². The van der Waals surface area contributed by atoms with Crippen LogP contribution in [0.2, 0.25) is 0 Å². The fourth-order valence-corrected chi connectivity index (χ4v) is 2.04. The molecule has 3 N–H and O–H groups in total. The van der Waals surface area contributed by atoms with Gasteiger partial charge in [-0.2, -0.15) is 0 Å². The van der Waals surface area contributed by atoms with Gasteiger partial charge in [-0.25, -0.2) is 4.79 Å². The maximum atomic E-state index is 11.7. The number of fused-ring (bicyclic) bond motifs is 1. The van der Waals surface area contributed by atoms with Crippen molar-refractivity contribution < 1.29 is 19.4 Å². The van der Waals surface area contributed by atoms with Crippen LogP contribution in [0.15, 0.2) is 18.2 Å². The van der Waals surface area contributed by atoms with Crippen molar-refractivity contribution in [3.05, 3.63) is 18.2 Å². The summed E-state index contributed by atoms with van der Waals surface area (Å²) in [6.07, 6.45) is -0.775. The van der Waals surface area contributed by atoms with Crippen LogP contribution < -0.4 is 15.4 Å². The number of hydrogen-bond acceptors (Lipinski definition) is 5. The molecule has 0 saturated heterocycles. The first-order chi connectivity index (χ1) is 9.78. The number of aliphatic hydroxyl groups excluding tert-OH is 1. The molecule has 0 spiro atoms. The monoisotopic (exact) mass is 294 g/mol. The summed E-state index contributed by atoms with van der Waals surface area (Å²) in [6, 6.07) is 5.25. The molecule has 1 aliphatic rings. The molecule has 0 aliphatic carbocycles. The Labute approximate surface area is 124 Å². The summed E-state index contributed by atoms with van der Waals surface area (Å²) in [6.45, 7) is 7.31. The van der Waals surface area contributed by atoms with Crippen molar-refractivity contribution in [3.63, 3.8) is 0 Å². The Hall–Kier alpha value is -1.95. The second-order valence-corrected chi connectivity index (χ2v) is 6.11. The summed E-state index contributed by atoms with van der Waals surface area (Å²) < 4.78 is 10.9. The van der Waals surface area contributed by atoms with Gasteiger partial charge in [-0.3, -0.25) is 5.32 Å². The van der Waals surface area contributed by atoms with Crippen molar-refractivity contribution in [3.8, 4) is 5.75 Å². The SMILES string of the molecule is C[C@H]1Nc2cc(NC(=O)OC(C)(C)C)ccc2O[C@H]1CO. The standard InChI is InChI=1S/C15H22N2O4/c1-9-13(8-18)20-12-6-5-10(7-11(12)16-9)17-14(19)21-15(2,3)4/h5-7,9,13,16,18H,8H2,1-4H3,(H,17,19)/t9-,13+/m1/s1. The first-order valence-corrected chi connectivity index (χ1v) is 6.96. The number of rotatable bonds is 2. The molecule has 1 aromatic carbocycles. The predicted octanol–water partition coefficient (Wildman–Crippen LogP) is 2.59. The average molecular weight is 294 g/mol. The highest BCUT2D eigenvalue weighted by Crippen LogP contribution is 2.33. The molecule has 2 rings (SSSR count). The van der Waals surface area contributed by atoms with Crippen molar-refractivity contribution in [2.24, 2.45) is 0 Å². The van der Waals surface area contributed by atoms with Gasteiger partial charge in [-0.05, 0) is 45.9 Å². The molecule has 6 heteroatoms. The molecule has 2 atom stereocenters. The van der Waals surface area contributed by atoms with Crippen LogP contribution in [0.5, 0.6) is 5.75 Å². The van der Waals surface area contributed by atoms with Gasteiger partial charge < -0.3 is 19.9 Å². The molecular weight excluding hydrogens is 272 g/mol. The number of carbonyl (C=O) groups excluding carboxylic acids is 1. The Morgan fingerprint density at radius 3 is 2.81 bits per heavy atom. The van der Waals surface area contributed by atoms with Gasteiger partial charge in [0.25, 0.3) is 0 Å². The quantitative estimate of drug-likeness (QED) is 0.781. The Morgan fingerprint density at radius 2 is 2.19 bits per heavy atom. The van der Waals surface area contributed by atoms with E-state index in [4.69, 9.17) is 9.47 Å². The number of anilines is 2. The zero-order valence-electron chi connectivity index (χ0n) is 12.8. The molecule has 1 aliphatic heterocycles. The van der Waals surface area contributed by atoms with E-state index in [1.165, 1.54) is 0 Å². The molecule has 1 amide bonds. The van der Waals surface area contributed by atoms with Crippen LogP contribution in [0.25, 0.3) is 0 Å². The molecule has 0 aromatic heterocycles. The number of amides is 1. The fourth-order valence-electron chi connectivity index (χ4n) is 2.04. The lowest BCUT2D eigenvalue weighted by Gasteiger charge is -2.32. The van der Waals surface area contributed by atoms with E-state index in [2.05, 4.69) is 10.6 Å². The topological polar surface area (TPSA) is 79.8 Å². The molecule has 6 nitrogen and oxygen atoms in total. The van der Waals surface area contributed by atoms with Gasteiger partial charge in [-0.1, -0.05) is 0 Å². The maximum Gasteiger partial charge on any atom is 0.412 e. The number of carbonyl (C=O) groups is 1. The van der Waals surface area contributed by atoms with Crippen molar-refractivity contribution in [2.75, 3.05) is 17.2 Å². The predicted molar refractivity (Wildman–Crippen MR) is 80.9 cm³/mol. The van der Waals surface area contributed by atoms with Crippen molar-refractivity contribution in [1.29, 1.82) is 0 Å². The maximum absolute atomic E-state index is 11.7. The van der Waals surface area contributed by atoms with Crippen LogP contribution in [0.1, 0.15) is 27.7 Å². The van der Waals surface area contributed by atoms with Gasteiger partial charge in [0, 0.05) is 5.69 Å². The third-order valence-electron chi connectivity index (χ3n) is 3.02. The number of benzene rings is 1. The lowest BCUT2D eigenvalue weighted by molar-refractivity contribution is 0.0636. The van der Waals surface area contributed by atoms with E-state index < -0.39 is 11.7 Å². The summed E-state index contributed by atoms with van der Waals surface area (Å²) in [4.78, 5) is 11.7. The molecule has 116 valence electrons. The van der Waals surface area contributed by atoms with Crippen molar-refractivity contribution >= 4 is 17.5 Å². The highest BCUT2D eigenvalue weighted by atomic mass is 16.6. The van der Waals surface area contributed by atoms with E-state index in [-0.39, 0.29) is 18.8 Å². The zero-order chi connectivity index (χ0) is 15.6. The Bertz CT molecular complexity index is 525. The van der Waals surface area contributed by atoms with E-state index in [0.29, 0.717) is 11.4 Å². The van der Waals surface area contributed by atoms with Crippen LogP contribution in [-0.4, -0.2) is 35.6 Å². The van der Waals surface area contributed by atoms with Crippen molar-refractivity contribution in [1.82, 2.24) is 0 Å². The van der Waals surface area contributed by atoms with Crippen LogP contribution in [0, 0.1) is 0 Å². The molecule has 0 bridgehead atoms. The summed E-state index contributed by atoms with van der Waals surface area (Å²) in [5.41, 5.74) is 0.859. The third kappa shape index (κ3) is 4.01. The van der Waals surface area contributed by atoms with Gasteiger partial charge in [0.1, 0.15) is 17.5 Å². The molecule has 0 unspecified atom stereocenters. The summed E-state index contributed by atoms with van der Waals surface area (Å²) in [5.74, 6) is 0.655. The van der Waals surface area contributed by atoms with Crippen molar-refractivity contribution in [2.45, 2.75) is 45.4 Å². The largest absolute Gasteiger partial charge is 0.484 e. The average Bonchev–Trinajstić information content (AvgIpc) is 2.35. The minimum Gasteiger partial charge on any atom is -0.484 e. The summed E-state index contributed by atoms with van der Waals surface area (Å²) in [7, 11) is 0. The first kappa shape index (κ1) is 15.4. The molecule has 21 heavy (non-hydrogen) atoms. The second kappa shape index (κ2) is 5.81. The third-order valence-corrected chi connectivity index (χ3v) is 3.02. The highest BCUT2D eigenvalue weighted by molar-refractivity contribution is 5.86. The molecular formula is C15H22N2O4. The summed E-state index contributed by atoms with van der Waals surface area (Å²) in [5, 5.41) is 15.2. The van der Waals surface area contributed by atoms with Gasteiger partial charge in [0.2, 0.25) is 0 Å². The lowest BCUT2D eigenvalue weighted by Crippen LogP contribution is -2.41. The molecule has 0 saturated carbocycles. The van der Waals surface area contributed by atoms with E-state index in [9.17, 15) is 9.90 Å². The number of nitrogens with one attached hydrogen (secondary N) is 2. The van der Waals surface area contributed by atoms with Gasteiger partial charge in [0.15, 0.2) is 0 Å². The zero-order valence-corrected chi connectivity index (χ0v) is 12.8. The Balaban J connectivity index is 2.08. The van der Waals surface area contributed by atoms with Crippen LogP contribution in [0.4, 0.5) is 16.2 Å². The smallest absolute Gasteiger partial charge is 0.412 e.